The third-order valence-corrected chi connectivity index (χ3v) is 1.93. The Bertz CT molecular complexity index is 270. The van der Waals surface area contributed by atoms with Crippen molar-refractivity contribution >= 4 is 17.4 Å². The Labute approximate surface area is 88.3 Å². The van der Waals surface area contributed by atoms with Gasteiger partial charge in [-0.1, -0.05) is 11.6 Å². The molecule has 0 spiro atoms. The minimum atomic E-state index is 0.261. The molecule has 0 fully saturated rings. The molecule has 0 unspecified atom stereocenters. The third-order valence-electron chi connectivity index (χ3n) is 1.75. The van der Waals surface area contributed by atoms with E-state index in [4.69, 9.17) is 16.7 Å². The van der Waals surface area contributed by atoms with Crippen LogP contribution >= 0.6 is 11.6 Å². The van der Waals surface area contributed by atoms with Crippen LogP contribution in [0.2, 0.25) is 5.15 Å². The number of aromatic nitrogens is 2. The number of unbranched alkanes of at least 4 members (excludes halogenated alkanes) is 2. The van der Waals surface area contributed by atoms with E-state index in [1.165, 1.54) is 6.20 Å². The van der Waals surface area contributed by atoms with E-state index >= 15 is 0 Å². The first-order chi connectivity index (χ1) is 6.83. The van der Waals surface area contributed by atoms with Crippen molar-refractivity contribution in [1.29, 1.82) is 0 Å². The lowest BCUT2D eigenvalue weighted by molar-refractivity contribution is 0.283. The van der Waals surface area contributed by atoms with Gasteiger partial charge in [0.25, 0.3) is 0 Å². The van der Waals surface area contributed by atoms with Crippen LogP contribution in [0.5, 0.6) is 0 Å². The maximum Gasteiger partial charge on any atom is 0.149 e. The fourth-order valence-corrected chi connectivity index (χ4v) is 1.20. The standard InChI is InChI=1S/C9H14ClN3O/c10-8-6-11-7-9(13-8)12-4-2-1-3-5-14/h6-7,14H,1-5H2,(H,12,13). The second kappa shape index (κ2) is 6.56. The largest absolute Gasteiger partial charge is 0.396 e. The minimum absolute atomic E-state index is 0.261. The molecule has 4 nitrogen and oxygen atoms in total. The summed E-state index contributed by atoms with van der Waals surface area (Å²) in [5.74, 6) is 0.696. The summed E-state index contributed by atoms with van der Waals surface area (Å²) < 4.78 is 0. The Kier molecular flexibility index (Phi) is 5.25. The number of halogens is 1. The van der Waals surface area contributed by atoms with Crippen LogP contribution < -0.4 is 5.32 Å². The van der Waals surface area contributed by atoms with Gasteiger partial charge in [0.1, 0.15) is 11.0 Å². The van der Waals surface area contributed by atoms with Gasteiger partial charge in [0.15, 0.2) is 0 Å². The van der Waals surface area contributed by atoms with Crippen LogP contribution in [0.15, 0.2) is 12.4 Å². The summed E-state index contributed by atoms with van der Waals surface area (Å²) in [6, 6.07) is 0. The van der Waals surface area contributed by atoms with E-state index in [2.05, 4.69) is 15.3 Å². The smallest absolute Gasteiger partial charge is 0.149 e. The number of nitrogens with one attached hydrogen (secondary N) is 1. The van der Waals surface area contributed by atoms with E-state index in [9.17, 15) is 0 Å². The average Bonchev–Trinajstić information content (AvgIpc) is 2.18. The lowest BCUT2D eigenvalue weighted by atomic mass is 10.2. The zero-order valence-corrected chi connectivity index (χ0v) is 8.67. The molecule has 2 N–H and O–H groups in total. The van der Waals surface area contributed by atoms with Gasteiger partial charge in [-0.25, -0.2) is 4.98 Å². The van der Waals surface area contributed by atoms with Crippen molar-refractivity contribution < 1.29 is 5.11 Å². The van der Waals surface area contributed by atoms with Crippen LogP contribution in [0.4, 0.5) is 5.82 Å². The highest BCUT2D eigenvalue weighted by atomic mass is 35.5. The van der Waals surface area contributed by atoms with Gasteiger partial charge in [-0.2, -0.15) is 0 Å². The van der Waals surface area contributed by atoms with E-state index in [0.717, 1.165) is 25.8 Å². The van der Waals surface area contributed by atoms with Crippen molar-refractivity contribution in [3.8, 4) is 0 Å². The zero-order valence-electron chi connectivity index (χ0n) is 7.91. The molecule has 0 aliphatic rings. The minimum Gasteiger partial charge on any atom is -0.396 e. The molecule has 0 radical (unpaired) electrons. The first-order valence-electron chi connectivity index (χ1n) is 4.65. The van der Waals surface area contributed by atoms with Gasteiger partial charge in [0.05, 0.1) is 12.4 Å². The van der Waals surface area contributed by atoms with Crippen molar-refractivity contribution in [3.05, 3.63) is 17.5 Å². The van der Waals surface area contributed by atoms with Crippen molar-refractivity contribution in [2.45, 2.75) is 19.3 Å². The van der Waals surface area contributed by atoms with Gasteiger partial charge in [0.2, 0.25) is 0 Å². The molecule has 1 heterocycles. The lowest BCUT2D eigenvalue weighted by Crippen LogP contribution is -2.03. The molecular weight excluding hydrogens is 202 g/mol. The second-order valence-corrected chi connectivity index (χ2v) is 3.33. The van der Waals surface area contributed by atoms with Gasteiger partial charge in [-0.05, 0) is 19.3 Å². The second-order valence-electron chi connectivity index (χ2n) is 2.94. The molecule has 1 rings (SSSR count). The monoisotopic (exact) mass is 215 g/mol. The van der Waals surface area contributed by atoms with Crippen LogP contribution in [0.25, 0.3) is 0 Å². The van der Waals surface area contributed by atoms with Crippen molar-refractivity contribution in [2.24, 2.45) is 0 Å². The Morgan fingerprint density at radius 1 is 1.29 bits per heavy atom. The number of aliphatic hydroxyl groups is 1. The summed E-state index contributed by atoms with van der Waals surface area (Å²) in [5, 5.41) is 12.1. The predicted octanol–water partition coefficient (Wildman–Crippen LogP) is 1.70. The highest BCUT2D eigenvalue weighted by Crippen LogP contribution is 2.06. The summed E-state index contributed by atoms with van der Waals surface area (Å²) in [7, 11) is 0. The number of hydrogen-bond acceptors (Lipinski definition) is 4. The number of hydrogen-bond donors (Lipinski definition) is 2. The number of rotatable bonds is 6. The zero-order chi connectivity index (χ0) is 10.2. The molecule has 0 saturated carbocycles. The number of anilines is 1. The van der Waals surface area contributed by atoms with Gasteiger partial charge >= 0.3 is 0 Å². The Hall–Kier alpha value is -0.870. The van der Waals surface area contributed by atoms with Crippen molar-refractivity contribution in [1.82, 2.24) is 9.97 Å². The SMILES string of the molecule is OCCCCCNc1cncc(Cl)n1. The van der Waals surface area contributed by atoms with Crippen LogP contribution in [-0.2, 0) is 0 Å². The molecular formula is C9H14ClN3O. The van der Waals surface area contributed by atoms with E-state index < -0.39 is 0 Å². The molecule has 0 aliphatic heterocycles. The summed E-state index contributed by atoms with van der Waals surface area (Å²) in [6.45, 7) is 1.09. The molecule has 0 bridgehead atoms. The maximum atomic E-state index is 8.56. The Balaban J connectivity index is 2.18. The summed E-state index contributed by atoms with van der Waals surface area (Å²) in [6.07, 6.45) is 6.01. The summed E-state index contributed by atoms with van der Waals surface area (Å²) in [5.41, 5.74) is 0. The van der Waals surface area contributed by atoms with E-state index in [0.29, 0.717) is 11.0 Å². The third kappa shape index (κ3) is 4.39. The topological polar surface area (TPSA) is 58.0 Å². The van der Waals surface area contributed by atoms with E-state index in [-0.39, 0.29) is 6.61 Å². The quantitative estimate of drug-likeness (QED) is 0.710. The first kappa shape index (κ1) is 11.2. The number of nitrogens with zero attached hydrogens (tertiary/aromatic N) is 2. The van der Waals surface area contributed by atoms with Gasteiger partial charge in [0, 0.05) is 13.2 Å². The van der Waals surface area contributed by atoms with Crippen LogP contribution in [0.1, 0.15) is 19.3 Å². The normalized spacial score (nSPS) is 10.1. The molecule has 0 aliphatic carbocycles. The molecule has 0 aromatic carbocycles. The highest BCUT2D eigenvalue weighted by Gasteiger charge is 1.94. The fraction of sp³-hybridized carbons (Fsp3) is 0.556. The molecule has 0 saturated heterocycles. The molecule has 14 heavy (non-hydrogen) atoms. The molecule has 78 valence electrons. The average molecular weight is 216 g/mol. The van der Waals surface area contributed by atoms with Crippen LogP contribution in [0.3, 0.4) is 0 Å². The van der Waals surface area contributed by atoms with E-state index in [1.807, 2.05) is 0 Å². The Morgan fingerprint density at radius 2 is 2.14 bits per heavy atom. The highest BCUT2D eigenvalue weighted by molar-refractivity contribution is 6.29. The fourth-order valence-electron chi connectivity index (χ4n) is 1.06. The first-order valence-corrected chi connectivity index (χ1v) is 5.03. The molecule has 0 atom stereocenters. The molecule has 1 aromatic rings. The Morgan fingerprint density at radius 3 is 2.86 bits per heavy atom. The maximum absolute atomic E-state index is 8.56. The van der Waals surface area contributed by atoms with Gasteiger partial charge in [-0.3, -0.25) is 4.98 Å². The van der Waals surface area contributed by atoms with Gasteiger partial charge in [-0.15, -0.1) is 0 Å². The van der Waals surface area contributed by atoms with Crippen molar-refractivity contribution in [2.75, 3.05) is 18.5 Å². The summed E-state index contributed by atoms with van der Waals surface area (Å²) in [4.78, 5) is 7.94. The van der Waals surface area contributed by atoms with Gasteiger partial charge < -0.3 is 10.4 Å². The lowest BCUT2D eigenvalue weighted by Gasteiger charge is -2.04. The van der Waals surface area contributed by atoms with Crippen LogP contribution in [-0.4, -0.2) is 28.2 Å². The number of aliphatic hydroxyl groups excluding tert-OH is 1. The summed E-state index contributed by atoms with van der Waals surface area (Å²) >= 11 is 5.66. The molecule has 5 heteroatoms. The van der Waals surface area contributed by atoms with E-state index in [1.54, 1.807) is 6.20 Å². The molecule has 1 aromatic heterocycles. The van der Waals surface area contributed by atoms with Crippen LogP contribution in [0, 0.1) is 0 Å². The van der Waals surface area contributed by atoms with Crippen molar-refractivity contribution in [3.63, 3.8) is 0 Å². The molecule has 0 amide bonds. The predicted molar refractivity (Wildman–Crippen MR) is 56.5 cm³/mol.